The first kappa shape index (κ1) is 14.1. The minimum atomic E-state index is -0.291. The molecule has 94 valence electrons. The van der Waals surface area contributed by atoms with E-state index in [-0.39, 0.29) is 12.0 Å². The summed E-state index contributed by atoms with van der Waals surface area (Å²) in [5.74, 6) is 1.73. The van der Waals surface area contributed by atoms with Crippen molar-refractivity contribution in [1.82, 2.24) is 0 Å². The van der Waals surface area contributed by atoms with Crippen LogP contribution in [0.5, 0.6) is 0 Å². The second kappa shape index (κ2) is 7.35. The molecule has 0 radical (unpaired) electrons. The molecule has 0 saturated carbocycles. The quantitative estimate of drug-likeness (QED) is 0.625. The van der Waals surface area contributed by atoms with Crippen molar-refractivity contribution in [3.8, 4) is 0 Å². The van der Waals surface area contributed by atoms with Crippen LogP contribution in [0.3, 0.4) is 0 Å². The second-order valence-corrected chi connectivity index (χ2v) is 5.11. The molecular formula is C13H19NO2S. The molecule has 0 aromatic heterocycles. The number of ether oxygens (including phenoxy) is 1. The van der Waals surface area contributed by atoms with Crippen LogP contribution in [0.1, 0.15) is 29.3 Å². The number of carbonyl (C=O) groups is 1. The number of benzene rings is 1. The van der Waals surface area contributed by atoms with Crippen LogP contribution in [-0.2, 0) is 10.5 Å². The summed E-state index contributed by atoms with van der Waals surface area (Å²) >= 11 is 1.86. The first-order chi connectivity index (χ1) is 8.13. The zero-order valence-electron chi connectivity index (χ0n) is 10.3. The van der Waals surface area contributed by atoms with E-state index in [2.05, 4.69) is 4.74 Å². The zero-order valence-corrected chi connectivity index (χ0v) is 11.1. The van der Waals surface area contributed by atoms with Crippen molar-refractivity contribution in [2.24, 2.45) is 5.73 Å². The minimum Gasteiger partial charge on any atom is -0.465 e. The molecule has 17 heavy (non-hydrogen) atoms. The summed E-state index contributed by atoms with van der Waals surface area (Å²) in [7, 11) is 1.39. The second-order valence-electron chi connectivity index (χ2n) is 4.01. The van der Waals surface area contributed by atoms with Gasteiger partial charge in [-0.05, 0) is 36.8 Å². The van der Waals surface area contributed by atoms with Gasteiger partial charge in [-0.3, -0.25) is 0 Å². The summed E-state index contributed by atoms with van der Waals surface area (Å²) in [4.78, 5) is 11.2. The lowest BCUT2D eigenvalue weighted by Gasteiger charge is -2.05. The van der Waals surface area contributed by atoms with Crippen LogP contribution in [0.25, 0.3) is 0 Å². The third-order valence-electron chi connectivity index (χ3n) is 2.36. The highest BCUT2D eigenvalue weighted by molar-refractivity contribution is 7.98. The molecular weight excluding hydrogens is 234 g/mol. The molecule has 0 aliphatic heterocycles. The molecule has 4 heteroatoms. The number of hydrogen-bond acceptors (Lipinski definition) is 4. The van der Waals surface area contributed by atoms with Crippen LogP contribution in [0.15, 0.2) is 24.3 Å². The number of hydrogen-bond donors (Lipinski definition) is 1. The van der Waals surface area contributed by atoms with Gasteiger partial charge >= 0.3 is 5.97 Å². The lowest BCUT2D eigenvalue weighted by Crippen LogP contribution is -2.15. The van der Waals surface area contributed by atoms with E-state index in [0.717, 1.165) is 17.9 Å². The highest BCUT2D eigenvalue weighted by atomic mass is 32.2. The van der Waals surface area contributed by atoms with E-state index in [0.29, 0.717) is 5.56 Å². The maximum atomic E-state index is 11.2. The molecule has 0 spiro atoms. The van der Waals surface area contributed by atoms with Crippen LogP contribution >= 0.6 is 11.8 Å². The first-order valence-corrected chi connectivity index (χ1v) is 6.79. The standard InChI is InChI=1S/C13H19NO2S/c1-10(14)7-8-17-9-11-3-5-12(6-4-11)13(15)16-2/h3-6,10H,7-9,14H2,1-2H3. The molecule has 0 heterocycles. The van der Waals surface area contributed by atoms with Gasteiger partial charge in [0.25, 0.3) is 0 Å². The van der Waals surface area contributed by atoms with Crippen LogP contribution in [0, 0.1) is 0 Å². The summed E-state index contributed by atoms with van der Waals surface area (Å²) in [6.45, 7) is 2.02. The molecule has 3 nitrogen and oxygen atoms in total. The van der Waals surface area contributed by atoms with Crippen molar-refractivity contribution >= 4 is 17.7 Å². The third-order valence-corrected chi connectivity index (χ3v) is 3.42. The Morgan fingerprint density at radius 3 is 2.59 bits per heavy atom. The Balaban J connectivity index is 2.38. The fourth-order valence-electron chi connectivity index (χ4n) is 1.31. The predicted molar refractivity (Wildman–Crippen MR) is 72.2 cm³/mol. The van der Waals surface area contributed by atoms with Crippen molar-refractivity contribution in [2.45, 2.75) is 25.1 Å². The number of carbonyl (C=O) groups excluding carboxylic acids is 1. The highest BCUT2D eigenvalue weighted by Crippen LogP contribution is 2.14. The van der Waals surface area contributed by atoms with Gasteiger partial charge in [0.15, 0.2) is 0 Å². The van der Waals surface area contributed by atoms with E-state index in [1.165, 1.54) is 12.7 Å². The fraction of sp³-hybridized carbons (Fsp3) is 0.462. The van der Waals surface area contributed by atoms with Crippen LogP contribution in [0.4, 0.5) is 0 Å². The molecule has 1 rings (SSSR count). The van der Waals surface area contributed by atoms with Gasteiger partial charge in [-0.25, -0.2) is 4.79 Å². The van der Waals surface area contributed by atoms with Crippen molar-refractivity contribution in [2.75, 3.05) is 12.9 Å². The van der Waals surface area contributed by atoms with Gasteiger partial charge in [-0.1, -0.05) is 12.1 Å². The number of methoxy groups -OCH3 is 1. The molecule has 0 saturated heterocycles. The Morgan fingerprint density at radius 2 is 2.06 bits per heavy atom. The molecule has 0 aliphatic carbocycles. The SMILES string of the molecule is COC(=O)c1ccc(CSCCC(C)N)cc1. The summed E-state index contributed by atoms with van der Waals surface area (Å²) in [5, 5.41) is 0. The molecule has 0 bridgehead atoms. The summed E-state index contributed by atoms with van der Waals surface area (Å²) in [6.07, 6.45) is 1.03. The Kier molecular flexibility index (Phi) is 6.08. The Morgan fingerprint density at radius 1 is 1.41 bits per heavy atom. The van der Waals surface area contributed by atoms with Gasteiger partial charge in [0.2, 0.25) is 0 Å². The topological polar surface area (TPSA) is 52.3 Å². The van der Waals surface area contributed by atoms with E-state index >= 15 is 0 Å². The molecule has 0 amide bonds. The smallest absolute Gasteiger partial charge is 0.337 e. The fourth-order valence-corrected chi connectivity index (χ4v) is 2.43. The molecule has 1 aromatic rings. The average molecular weight is 253 g/mol. The molecule has 1 unspecified atom stereocenters. The molecule has 1 atom stereocenters. The number of esters is 1. The van der Waals surface area contributed by atoms with E-state index in [1.807, 2.05) is 30.8 Å². The van der Waals surface area contributed by atoms with E-state index in [1.54, 1.807) is 12.1 Å². The van der Waals surface area contributed by atoms with E-state index in [9.17, 15) is 4.79 Å². The van der Waals surface area contributed by atoms with Gasteiger partial charge < -0.3 is 10.5 Å². The summed E-state index contributed by atoms with van der Waals surface area (Å²) in [5.41, 5.74) is 7.49. The summed E-state index contributed by atoms with van der Waals surface area (Å²) < 4.78 is 4.64. The van der Waals surface area contributed by atoms with Gasteiger partial charge in [0.05, 0.1) is 12.7 Å². The maximum absolute atomic E-state index is 11.2. The largest absolute Gasteiger partial charge is 0.465 e. The average Bonchev–Trinajstić information content (AvgIpc) is 2.34. The monoisotopic (exact) mass is 253 g/mol. The molecule has 0 fully saturated rings. The summed E-state index contributed by atoms with van der Waals surface area (Å²) in [6, 6.07) is 7.79. The third kappa shape index (κ3) is 5.24. The Bertz CT molecular complexity index is 349. The van der Waals surface area contributed by atoms with Gasteiger partial charge in [0.1, 0.15) is 0 Å². The van der Waals surface area contributed by atoms with Gasteiger partial charge in [0, 0.05) is 11.8 Å². The van der Waals surface area contributed by atoms with Crippen molar-refractivity contribution < 1.29 is 9.53 Å². The van der Waals surface area contributed by atoms with Crippen LogP contribution in [0.2, 0.25) is 0 Å². The van der Waals surface area contributed by atoms with E-state index in [4.69, 9.17) is 5.73 Å². The Hall–Kier alpha value is -1.00. The van der Waals surface area contributed by atoms with Crippen LogP contribution < -0.4 is 5.73 Å². The first-order valence-electron chi connectivity index (χ1n) is 5.64. The lowest BCUT2D eigenvalue weighted by atomic mass is 10.1. The number of rotatable bonds is 6. The Labute approximate surface area is 107 Å². The van der Waals surface area contributed by atoms with Crippen LogP contribution in [-0.4, -0.2) is 24.9 Å². The maximum Gasteiger partial charge on any atom is 0.337 e. The predicted octanol–water partition coefficient (Wildman–Crippen LogP) is 2.44. The highest BCUT2D eigenvalue weighted by Gasteiger charge is 2.04. The van der Waals surface area contributed by atoms with Gasteiger partial charge in [-0.2, -0.15) is 11.8 Å². The molecule has 1 aromatic carbocycles. The van der Waals surface area contributed by atoms with Crippen molar-refractivity contribution in [3.63, 3.8) is 0 Å². The van der Waals surface area contributed by atoms with E-state index < -0.39 is 0 Å². The van der Waals surface area contributed by atoms with Crippen molar-refractivity contribution in [3.05, 3.63) is 35.4 Å². The normalized spacial score (nSPS) is 12.2. The molecule has 2 N–H and O–H groups in total. The van der Waals surface area contributed by atoms with Gasteiger partial charge in [-0.15, -0.1) is 0 Å². The minimum absolute atomic E-state index is 0.268. The number of thioether (sulfide) groups is 1. The molecule has 0 aliphatic rings. The number of nitrogens with two attached hydrogens (primary N) is 1. The van der Waals surface area contributed by atoms with Crippen molar-refractivity contribution in [1.29, 1.82) is 0 Å². The zero-order chi connectivity index (χ0) is 12.7. The lowest BCUT2D eigenvalue weighted by molar-refractivity contribution is 0.0600.